The molecule has 4 heteroatoms. The average Bonchev–Trinajstić information content (AvgIpc) is 2.11. The van der Waals surface area contributed by atoms with Crippen LogP contribution in [0, 0.1) is 0 Å². The zero-order valence-corrected chi connectivity index (χ0v) is 9.11. The average molecular weight is 206 g/mol. The van der Waals surface area contributed by atoms with Crippen molar-refractivity contribution < 1.29 is 19.7 Å². The zero-order valence-electron chi connectivity index (χ0n) is 9.11. The van der Waals surface area contributed by atoms with Gasteiger partial charge in [0.15, 0.2) is 0 Å². The molecule has 0 bridgehead atoms. The van der Waals surface area contributed by atoms with E-state index in [-0.39, 0.29) is 18.8 Å². The van der Waals surface area contributed by atoms with E-state index in [4.69, 9.17) is 19.7 Å². The maximum absolute atomic E-state index is 8.93. The minimum atomic E-state index is -0.302. The van der Waals surface area contributed by atoms with Crippen LogP contribution in [0.5, 0.6) is 0 Å². The number of hydrogen-bond acceptors (Lipinski definition) is 4. The first-order valence-corrected chi connectivity index (χ1v) is 5.15. The van der Waals surface area contributed by atoms with Crippen LogP contribution in [0.25, 0.3) is 0 Å². The molecule has 4 nitrogen and oxygen atoms in total. The lowest BCUT2D eigenvalue weighted by molar-refractivity contribution is -0.00219. The van der Waals surface area contributed by atoms with Gasteiger partial charge in [-0.2, -0.15) is 0 Å². The minimum absolute atomic E-state index is 0.0837. The summed E-state index contributed by atoms with van der Waals surface area (Å²) in [6, 6.07) is 0. The molecule has 0 aliphatic rings. The van der Waals surface area contributed by atoms with Crippen molar-refractivity contribution in [1.29, 1.82) is 0 Å². The molecule has 14 heavy (non-hydrogen) atoms. The Morgan fingerprint density at radius 3 is 2.36 bits per heavy atom. The first-order valence-electron chi connectivity index (χ1n) is 5.15. The standard InChI is InChI=1S/C10H22O4/c1-9(12)4-6-13-7-8-14-10(2)3-5-11/h9-12H,3-8H2,1-2H3. The van der Waals surface area contributed by atoms with E-state index in [1.165, 1.54) is 0 Å². The van der Waals surface area contributed by atoms with Crippen LogP contribution in [0.2, 0.25) is 0 Å². The Morgan fingerprint density at radius 1 is 1.07 bits per heavy atom. The van der Waals surface area contributed by atoms with Gasteiger partial charge >= 0.3 is 0 Å². The Bertz CT molecular complexity index is 117. The molecular formula is C10H22O4. The quantitative estimate of drug-likeness (QED) is 0.541. The summed E-state index contributed by atoms with van der Waals surface area (Å²) in [4.78, 5) is 0. The molecule has 0 aliphatic heterocycles. The molecule has 0 saturated carbocycles. The molecule has 0 rings (SSSR count). The van der Waals surface area contributed by atoms with Gasteiger partial charge in [0.1, 0.15) is 0 Å². The van der Waals surface area contributed by atoms with Crippen molar-refractivity contribution >= 4 is 0 Å². The monoisotopic (exact) mass is 206 g/mol. The number of ether oxygens (including phenoxy) is 2. The number of aliphatic hydroxyl groups excluding tert-OH is 2. The van der Waals surface area contributed by atoms with Crippen LogP contribution in [0.4, 0.5) is 0 Å². The molecule has 0 amide bonds. The fourth-order valence-corrected chi connectivity index (χ4v) is 0.929. The molecule has 0 aliphatic carbocycles. The maximum atomic E-state index is 8.93. The molecular weight excluding hydrogens is 184 g/mol. The van der Waals surface area contributed by atoms with Gasteiger partial charge in [0.2, 0.25) is 0 Å². The molecule has 2 N–H and O–H groups in total. The van der Waals surface area contributed by atoms with Gasteiger partial charge < -0.3 is 19.7 Å². The Morgan fingerprint density at radius 2 is 1.79 bits per heavy atom. The Kier molecular flexibility index (Phi) is 9.29. The maximum Gasteiger partial charge on any atom is 0.0704 e. The predicted molar refractivity (Wildman–Crippen MR) is 54.2 cm³/mol. The smallest absolute Gasteiger partial charge is 0.0704 e. The Labute approximate surface area is 85.8 Å². The molecule has 0 fully saturated rings. The van der Waals surface area contributed by atoms with E-state index < -0.39 is 0 Å². The molecule has 2 atom stereocenters. The zero-order chi connectivity index (χ0) is 10.8. The van der Waals surface area contributed by atoms with E-state index in [9.17, 15) is 0 Å². The van der Waals surface area contributed by atoms with Gasteiger partial charge in [0.05, 0.1) is 25.4 Å². The normalized spacial score (nSPS) is 15.4. The largest absolute Gasteiger partial charge is 0.396 e. The third-order valence-corrected chi connectivity index (χ3v) is 1.85. The van der Waals surface area contributed by atoms with E-state index in [1.54, 1.807) is 6.92 Å². The topological polar surface area (TPSA) is 58.9 Å². The second-order valence-corrected chi connectivity index (χ2v) is 3.44. The summed E-state index contributed by atoms with van der Waals surface area (Å²) in [6.45, 7) is 5.47. The van der Waals surface area contributed by atoms with E-state index in [1.807, 2.05) is 6.92 Å². The summed E-state index contributed by atoms with van der Waals surface area (Å²) in [5.74, 6) is 0. The summed E-state index contributed by atoms with van der Waals surface area (Å²) in [5, 5.41) is 17.5. The molecule has 86 valence electrons. The van der Waals surface area contributed by atoms with Crippen molar-refractivity contribution in [3.63, 3.8) is 0 Å². The molecule has 0 saturated heterocycles. The van der Waals surface area contributed by atoms with Gasteiger partial charge in [-0.05, 0) is 26.7 Å². The molecule has 2 unspecified atom stereocenters. The van der Waals surface area contributed by atoms with Crippen molar-refractivity contribution in [2.75, 3.05) is 26.4 Å². The van der Waals surface area contributed by atoms with Gasteiger partial charge in [-0.1, -0.05) is 0 Å². The van der Waals surface area contributed by atoms with Crippen molar-refractivity contribution in [2.45, 2.75) is 38.9 Å². The highest BCUT2D eigenvalue weighted by atomic mass is 16.5. The molecule has 0 spiro atoms. The van der Waals surface area contributed by atoms with Crippen LogP contribution in [0.1, 0.15) is 26.7 Å². The number of hydrogen-bond donors (Lipinski definition) is 2. The number of aliphatic hydroxyl groups is 2. The molecule has 0 radical (unpaired) electrons. The molecule has 0 aromatic carbocycles. The second-order valence-electron chi connectivity index (χ2n) is 3.44. The first-order chi connectivity index (χ1) is 6.66. The summed E-state index contributed by atoms with van der Waals surface area (Å²) in [7, 11) is 0. The van der Waals surface area contributed by atoms with Crippen molar-refractivity contribution in [2.24, 2.45) is 0 Å². The van der Waals surface area contributed by atoms with Crippen molar-refractivity contribution in [3.05, 3.63) is 0 Å². The highest BCUT2D eigenvalue weighted by Gasteiger charge is 2.00. The predicted octanol–water partition coefficient (Wildman–Crippen LogP) is 0.561. The highest BCUT2D eigenvalue weighted by Crippen LogP contribution is 1.96. The van der Waals surface area contributed by atoms with Crippen LogP contribution in [0.3, 0.4) is 0 Å². The van der Waals surface area contributed by atoms with Gasteiger partial charge in [-0.25, -0.2) is 0 Å². The summed E-state index contributed by atoms with van der Waals surface area (Å²) in [6.07, 6.45) is 1.10. The second kappa shape index (κ2) is 9.40. The van der Waals surface area contributed by atoms with Gasteiger partial charge in [-0.15, -0.1) is 0 Å². The summed E-state index contributed by atoms with van der Waals surface area (Å²) < 4.78 is 10.6. The molecule has 0 heterocycles. The van der Waals surface area contributed by atoms with Crippen LogP contribution >= 0.6 is 0 Å². The van der Waals surface area contributed by atoms with E-state index >= 15 is 0 Å². The fraction of sp³-hybridized carbons (Fsp3) is 1.00. The lowest BCUT2D eigenvalue weighted by Gasteiger charge is -2.11. The van der Waals surface area contributed by atoms with Crippen LogP contribution in [-0.2, 0) is 9.47 Å². The van der Waals surface area contributed by atoms with Crippen molar-refractivity contribution in [3.8, 4) is 0 Å². The molecule has 0 aromatic heterocycles. The van der Waals surface area contributed by atoms with Gasteiger partial charge in [-0.3, -0.25) is 0 Å². The lowest BCUT2D eigenvalue weighted by atomic mass is 10.3. The van der Waals surface area contributed by atoms with Gasteiger partial charge in [0.25, 0.3) is 0 Å². The highest BCUT2D eigenvalue weighted by molar-refractivity contribution is 4.48. The lowest BCUT2D eigenvalue weighted by Crippen LogP contribution is -2.15. The first kappa shape index (κ1) is 13.8. The van der Waals surface area contributed by atoms with E-state index in [0.717, 1.165) is 0 Å². The van der Waals surface area contributed by atoms with Crippen LogP contribution < -0.4 is 0 Å². The minimum Gasteiger partial charge on any atom is -0.396 e. The summed E-state index contributed by atoms with van der Waals surface area (Å²) in [5.41, 5.74) is 0. The van der Waals surface area contributed by atoms with E-state index in [2.05, 4.69) is 0 Å². The van der Waals surface area contributed by atoms with Crippen LogP contribution in [-0.4, -0.2) is 48.8 Å². The summed E-state index contributed by atoms with van der Waals surface area (Å²) >= 11 is 0. The molecule has 0 aromatic rings. The van der Waals surface area contributed by atoms with Crippen molar-refractivity contribution in [1.82, 2.24) is 0 Å². The third-order valence-electron chi connectivity index (χ3n) is 1.85. The SMILES string of the molecule is CC(O)CCOCCOC(C)CCO. The van der Waals surface area contributed by atoms with Crippen LogP contribution in [0.15, 0.2) is 0 Å². The number of rotatable bonds is 9. The van der Waals surface area contributed by atoms with E-state index in [0.29, 0.717) is 32.7 Å². The fourth-order valence-electron chi connectivity index (χ4n) is 0.929. The Balaban J connectivity index is 3.05. The third kappa shape index (κ3) is 9.92. The van der Waals surface area contributed by atoms with Gasteiger partial charge in [0, 0.05) is 13.2 Å². The Hall–Kier alpha value is -0.160.